The molecule has 0 radical (unpaired) electrons. The lowest BCUT2D eigenvalue weighted by atomic mass is 10.3. The average molecular weight is 288 g/mol. The van der Waals surface area contributed by atoms with Crippen LogP contribution >= 0.6 is 0 Å². The van der Waals surface area contributed by atoms with Gasteiger partial charge in [0.1, 0.15) is 5.75 Å². The van der Waals surface area contributed by atoms with Crippen molar-refractivity contribution in [3.63, 3.8) is 0 Å². The molecule has 0 aliphatic heterocycles. The molecule has 0 unspecified atom stereocenters. The van der Waals surface area contributed by atoms with Crippen molar-refractivity contribution in [2.24, 2.45) is 0 Å². The molecule has 6 nitrogen and oxygen atoms in total. The number of anilines is 1. The Balaban J connectivity index is 2.71. The van der Waals surface area contributed by atoms with E-state index in [0.29, 0.717) is 0 Å². The van der Waals surface area contributed by atoms with Gasteiger partial charge in [-0.15, -0.1) is 0 Å². The molecule has 0 atom stereocenters. The minimum absolute atomic E-state index is 0.147. The molecule has 0 aromatic heterocycles. The van der Waals surface area contributed by atoms with Crippen LogP contribution in [0.1, 0.15) is 0 Å². The predicted octanol–water partition coefficient (Wildman–Crippen LogP) is 1.88. The zero-order valence-corrected chi connectivity index (χ0v) is 10.7. The van der Waals surface area contributed by atoms with Crippen LogP contribution in [0.5, 0.6) is 5.75 Å². The van der Waals surface area contributed by atoms with Crippen LogP contribution in [0, 0.1) is 0 Å². The second kappa shape index (κ2) is 7.27. The smallest absolute Gasteiger partial charge is 0.341 e. The summed E-state index contributed by atoms with van der Waals surface area (Å²) in [4.78, 5) is 22.9. The number of urea groups is 1. The van der Waals surface area contributed by atoms with Crippen LogP contribution in [-0.2, 0) is 4.79 Å². The SMILES string of the molecule is CN(CC(F)F)C(=O)Nc1ccccc1OCC(=O)O. The highest BCUT2D eigenvalue weighted by atomic mass is 19.3. The van der Waals surface area contributed by atoms with E-state index in [1.54, 1.807) is 12.1 Å². The number of carbonyl (C=O) groups excluding carboxylic acids is 1. The predicted molar refractivity (Wildman–Crippen MR) is 67.2 cm³/mol. The molecule has 0 aliphatic carbocycles. The first-order chi connectivity index (χ1) is 9.40. The van der Waals surface area contributed by atoms with Gasteiger partial charge in [-0.05, 0) is 12.1 Å². The number of amides is 2. The van der Waals surface area contributed by atoms with Gasteiger partial charge in [-0.25, -0.2) is 18.4 Å². The Hall–Kier alpha value is -2.38. The van der Waals surface area contributed by atoms with Gasteiger partial charge in [0.2, 0.25) is 0 Å². The van der Waals surface area contributed by atoms with Gasteiger partial charge >= 0.3 is 12.0 Å². The van der Waals surface area contributed by atoms with Gasteiger partial charge in [0.05, 0.1) is 12.2 Å². The summed E-state index contributed by atoms with van der Waals surface area (Å²) in [5.41, 5.74) is 0.208. The van der Waals surface area contributed by atoms with Crippen molar-refractivity contribution < 1.29 is 28.2 Å². The van der Waals surface area contributed by atoms with E-state index in [9.17, 15) is 18.4 Å². The number of hydrogen-bond donors (Lipinski definition) is 2. The Kier molecular flexibility index (Phi) is 5.70. The number of benzene rings is 1. The van der Waals surface area contributed by atoms with Crippen molar-refractivity contribution in [3.05, 3.63) is 24.3 Å². The molecule has 0 aliphatic rings. The highest BCUT2D eigenvalue weighted by Crippen LogP contribution is 2.23. The van der Waals surface area contributed by atoms with Crippen LogP contribution in [0.3, 0.4) is 0 Å². The molecule has 0 bridgehead atoms. The molecule has 1 aromatic rings. The molecule has 1 aromatic carbocycles. The summed E-state index contributed by atoms with van der Waals surface area (Å²) >= 11 is 0. The second-order valence-electron chi connectivity index (χ2n) is 3.88. The molecule has 0 heterocycles. The van der Waals surface area contributed by atoms with Crippen LogP contribution in [-0.4, -0.2) is 48.6 Å². The van der Waals surface area contributed by atoms with Gasteiger partial charge in [-0.2, -0.15) is 0 Å². The molecule has 1 rings (SSSR count). The summed E-state index contributed by atoms with van der Waals surface area (Å²) in [6.45, 7) is -1.27. The lowest BCUT2D eigenvalue weighted by Crippen LogP contribution is -2.35. The number of carboxylic acids is 1. The van der Waals surface area contributed by atoms with Gasteiger partial charge in [0.15, 0.2) is 6.61 Å². The quantitative estimate of drug-likeness (QED) is 0.837. The summed E-state index contributed by atoms with van der Waals surface area (Å²) in [6.07, 6.45) is -2.63. The number of hydrogen-bond acceptors (Lipinski definition) is 3. The van der Waals surface area contributed by atoms with Crippen molar-refractivity contribution in [2.45, 2.75) is 6.43 Å². The Morgan fingerprint density at radius 3 is 2.65 bits per heavy atom. The van der Waals surface area contributed by atoms with Gasteiger partial charge in [-0.1, -0.05) is 12.1 Å². The van der Waals surface area contributed by atoms with E-state index in [0.717, 1.165) is 4.90 Å². The van der Waals surface area contributed by atoms with E-state index < -0.39 is 31.6 Å². The van der Waals surface area contributed by atoms with E-state index in [-0.39, 0.29) is 11.4 Å². The summed E-state index contributed by atoms with van der Waals surface area (Å²) in [6, 6.07) is 5.39. The lowest BCUT2D eigenvalue weighted by Gasteiger charge is -2.18. The molecule has 0 saturated heterocycles. The average Bonchev–Trinajstić information content (AvgIpc) is 2.36. The van der Waals surface area contributed by atoms with Crippen molar-refractivity contribution in [3.8, 4) is 5.75 Å². The number of rotatable bonds is 6. The standard InChI is InChI=1S/C12H14F2N2O4/c1-16(6-10(13)14)12(19)15-8-4-2-3-5-9(8)20-7-11(17)18/h2-5,10H,6-7H2,1H3,(H,15,19)(H,17,18). The lowest BCUT2D eigenvalue weighted by molar-refractivity contribution is -0.139. The van der Waals surface area contributed by atoms with Crippen LogP contribution in [0.2, 0.25) is 0 Å². The highest BCUT2D eigenvalue weighted by Gasteiger charge is 2.15. The first kappa shape index (κ1) is 15.7. The molecule has 20 heavy (non-hydrogen) atoms. The van der Waals surface area contributed by atoms with Crippen LogP contribution in [0.15, 0.2) is 24.3 Å². The van der Waals surface area contributed by atoms with Gasteiger partial charge in [0.25, 0.3) is 6.43 Å². The highest BCUT2D eigenvalue weighted by molar-refractivity contribution is 5.90. The zero-order valence-electron chi connectivity index (χ0n) is 10.7. The molecule has 2 amide bonds. The fourth-order valence-corrected chi connectivity index (χ4v) is 1.34. The van der Waals surface area contributed by atoms with Crippen molar-refractivity contribution in [1.82, 2.24) is 4.90 Å². The second-order valence-corrected chi connectivity index (χ2v) is 3.88. The Labute approximate surface area is 113 Å². The fraction of sp³-hybridized carbons (Fsp3) is 0.333. The maximum Gasteiger partial charge on any atom is 0.341 e. The van der Waals surface area contributed by atoms with Gasteiger partial charge in [0, 0.05) is 7.05 Å². The van der Waals surface area contributed by atoms with E-state index in [2.05, 4.69) is 5.32 Å². The number of ether oxygens (including phenoxy) is 1. The summed E-state index contributed by atoms with van der Waals surface area (Å²) < 4.78 is 29.3. The van der Waals surface area contributed by atoms with E-state index in [1.807, 2.05) is 0 Å². The van der Waals surface area contributed by atoms with Crippen LogP contribution in [0.25, 0.3) is 0 Å². The number of carboxylic acid groups (broad SMARTS) is 1. The summed E-state index contributed by atoms with van der Waals surface area (Å²) in [5.74, 6) is -1.02. The number of carbonyl (C=O) groups is 2. The molecular formula is C12H14F2N2O4. The minimum atomic E-state index is -2.63. The minimum Gasteiger partial charge on any atom is -0.480 e. The maximum absolute atomic E-state index is 12.2. The van der Waals surface area contributed by atoms with E-state index in [1.165, 1.54) is 19.2 Å². The molecule has 2 N–H and O–H groups in total. The molecular weight excluding hydrogens is 274 g/mol. The normalized spacial score (nSPS) is 10.2. The van der Waals surface area contributed by atoms with E-state index in [4.69, 9.17) is 9.84 Å². The third-order valence-corrected chi connectivity index (χ3v) is 2.24. The Morgan fingerprint density at radius 1 is 1.40 bits per heavy atom. The summed E-state index contributed by atoms with van der Waals surface area (Å²) in [7, 11) is 1.22. The number of aliphatic carboxylic acids is 1. The van der Waals surface area contributed by atoms with Crippen molar-refractivity contribution in [1.29, 1.82) is 0 Å². The first-order valence-electron chi connectivity index (χ1n) is 5.64. The van der Waals surface area contributed by atoms with E-state index >= 15 is 0 Å². The third-order valence-electron chi connectivity index (χ3n) is 2.24. The fourth-order valence-electron chi connectivity index (χ4n) is 1.34. The Bertz CT molecular complexity index is 482. The Morgan fingerprint density at radius 2 is 2.05 bits per heavy atom. The van der Waals surface area contributed by atoms with Crippen LogP contribution in [0.4, 0.5) is 19.3 Å². The maximum atomic E-state index is 12.2. The monoisotopic (exact) mass is 288 g/mol. The number of halogens is 2. The van der Waals surface area contributed by atoms with Crippen LogP contribution < -0.4 is 10.1 Å². The summed E-state index contributed by atoms with van der Waals surface area (Å²) in [5, 5.41) is 10.9. The third kappa shape index (κ3) is 5.09. The molecule has 0 spiro atoms. The largest absolute Gasteiger partial charge is 0.480 e. The van der Waals surface area contributed by atoms with Gasteiger partial charge in [-0.3, -0.25) is 0 Å². The molecule has 110 valence electrons. The first-order valence-corrected chi connectivity index (χ1v) is 5.64. The van der Waals surface area contributed by atoms with Crippen molar-refractivity contribution in [2.75, 3.05) is 25.5 Å². The number of para-hydroxylation sites is 2. The van der Waals surface area contributed by atoms with Gasteiger partial charge < -0.3 is 20.1 Å². The number of alkyl halides is 2. The van der Waals surface area contributed by atoms with Crippen molar-refractivity contribution >= 4 is 17.7 Å². The molecule has 0 fully saturated rings. The number of nitrogens with one attached hydrogen (secondary N) is 1. The number of nitrogens with zero attached hydrogens (tertiary/aromatic N) is 1. The topological polar surface area (TPSA) is 78.9 Å². The molecule has 8 heteroatoms. The zero-order chi connectivity index (χ0) is 15.1. The molecule has 0 saturated carbocycles.